The number of hydrogen-bond acceptors (Lipinski definition) is 5. The van der Waals surface area contributed by atoms with E-state index in [1.807, 2.05) is 35.7 Å². The van der Waals surface area contributed by atoms with Crippen LogP contribution in [0.3, 0.4) is 0 Å². The lowest BCUT2D eigenvalue weighted by molar-refractivity contribution is -0.137. The van der Waals surface area contributed by atoms with E-state index in [9.17, 15) is 14.7 Å². The number of amides is 2. The third kappa shape index (κ3) is 8.23. The number of benzene rings is 3. The fraction of sp³-hybridized carbons (Fsp3) is 0.343. The number of urea groups is 1. The lowest BCUT2D eigenvalue weighted by Crippen LogP contribution is -2.43. The van der Waals surface area contributed by atoms with Crippen LogP contribution in [0.2, 0.25) is 0 Å². The van der Waals surface area contributed by atoms with Gasteiger partial charge in [0.1, 0.15) is 11.6 Å². The van der Waals surface area contributed by atoms with Crippen molar-refractivity contribution in [2.75, 3.05) is 23.4 Å². The standard InChI is InChI=1S/C35H42N4O3S/c1-6-27(7-2)28-17-19-31(20-18-28)39(25(3)4)21-26-13-15-29(16-14-26)32-24-43-33(36-32)22-38(23-34(40)41)35(42)37(5)30-11-9-8-10-12-30/h8-20,24-25,27H,6-7,21-23H2,1-5H3,(H,40,41). The Bertz CT molecular complexity index is 1470. The highest BCUT2D eigenvalue weighted by molar-refractivity contribution is 7.09. The predicted octanol–water partition coefficient (Wildman–Crippen LogP) is 8.27. The van der Waals surface area contributed by atoms with Crippen LogP contribution in [-0.4, -0.2) is 46.6 Å². The van der Waals surface area contributed by atoms with Crippen LogP contribution in [0.1, 0.15) is 62.6 Å². The third-order valence-corrected chi connectivity index (χ3v) is 8.65. The summed E-state index contributed by atoms with van der Waals surface area (Å²) >= 11 is 1.42. The van der Waals surface area contributed by atoms with Crippen molar-refractivity contribution in [1.29, 1.82) is 0 Å². The smallest absolute Gasteiger partial charge is 0.325 e. The number of carbonyl (C=O) groups excluding carboxylic acids is 1. The molecule has 7 nitrogen and oxygen atoms in total. The van der Waals surface area contributed by atoms with E-state index >= 15 is 0 Å². The van der Waals surface area contributed by atoms with Crippen molar-refractivity contribution >= 4 is 34.7 Å². The lowest BCUT2D eigenvalue weighted by Gasteiger charge is -2.30. The van der Waals surface area contributed by atoms with E-state index in [-0.39, 0.29) is 6.54 Å². The molecule has 8 heteroatoms. The summed E-state index contributed by atoms with van der Waals surface area (Å²) in [4.78, 5) is 34.7. The topological polar surface area (TPSA) is 77.0 Å². The summed E-state index contributed by atoms with van der Waals surface area (Å²) in [5, 5.41) is 12.1. The summed E-state index contributed by atoms with van der Waals surface area (Å²) in [6.07, 6.45) is 2.31. The zero-order valence-corrected chi connectivity index (χ0v) is 26.6. The first-order chi connectivity index (χ1) is 20.7. The van der Waals surface area contributed by atoms with E-state index in [2.05, 4.69) is 81.1 Å². The Hall–Kier alpha value is -4.17. The largest absolute Gasteiger partial charge is 0.480 e. The van der Waals surface area contributed by atoms with Gasteiger partial charge in [-0.1, -0.05) is 68.4 Å². The van der Waals surface area contributed by atoms with E-state index in [0.29, 0.717) is 22.7 Å². The van der Waals surface area contributed by atoms with Crippen LogP contribution in [0.5, 0.6) is 0 Å². The van der Waals surface area contributed by atoms with Gasteiger partial charge in [0.15, 0.2) is 0 Å². The molecule has 4 rings (SSSR count). The molecular weight excluding hydrogens is 556 g/mol. The fourth-order valence-electron chi connectivity index (χ4n) is 5.26. The lowest BCUT2D eigenvalue weighted by atomic mass is 9.94. The van der Waals surface area contributed by atoms with Crippen molar-refractivity contribution in [2.24, 2.45) is 0 Å². The first kappa shape index (κ1) is 31.8. The molecule has 0 atom stereocenters. The van der Waals surface area contributed by atoms with E-state index in [1.165, 1.54) is 38.0 Å². The molecule has 0 unspecified atom stereocenters. The number of aliphatic carboxylic acids is 1. The van der Waals surface area contributed by atoms with Crippen molar-refractivity contribution in [3.63, 3.8) is 0 Å². The Labute approximate surface area is 259 Å². The number of anilines is 2. The normalized spacial score (nSPS) is 11.1. The summed E-state index contributed by atoms with van der Waals surface area (Å²) in [7, 11) is 1.64. The van der Waals surface area contributed by atoms with Crippen molar-refractivity contribution in [3.8, 4) is 11.3 Å². The molecule has 0 saturated carbocycles. The molecule has 0 aliphatic carbocycles. The van der Waals surface area contributed by atoms with Gasteiger partial charge in [0, 0.05) is 42.0 Å². The maximum atomic E-state index is 13.2. The van der Waals surface area contributed by atoms with Gasteiger partial charge in [-0.05, 0) is 68.0 Å². The average molecular weight is 599 g/mol. The van der Waals surface area contributed by atoms with Crippen LogP contribution >= 0.6 is 11.3 Å². The van der Waals surface area contributed by atoms with E-state index in [0.717, 1.165) is 30.6 Å². The monoisotopic (exact) mass is 598 g/mol. The summed E-state index contributed by atoms with van der Waals surface area (Å²) < 4.78 is 0. The molecule has 0 radical (unpaired) electrons. The Morgan fingerprint density at radius 3 is 2.09 bits per heavy atom. The van der Waals surface area contributed by atoms with Crippen LogP contribution in [0.4, 0.5) is 16.2 Å². The van der Waals surface area contributed by atoms with Crippen LogP contribution in [0.25, 0.3) is 11.3 Å². The fourth-order valence-corrected chi connectivity index (χ4v) is 6.07. The maximum Gasteiger partial charge on any atom is 0.325 e. The quantitative estimate of drug-likeness (QED) is 0.168. The van der Waals surface area contributed by atoms with Gasteiger partial charge in [0.25, 0.3) is 0 Å². The van der Waals surface area contributed by atoms with Gasteiger partial charge in [-0.2, -0.15) is 0 Å². The zero-order chi connectivity index (χ0) is 30.9. The van der Waals surface area contributed by atoms with Gasteiger partial charge in [0.05, 0.1) is 12.2 Å². The van der Waals surface area contributed by atoms with E-state index in [4.69, 9.17) is 4.98 Å². The van der Waals surface area contributed by atoms with Crippen molar-refractivity contribution in [2.45, 2.75) is 65.6 Å². The Morgan fingerprint density at radius 2 is 1.51 bits per heavy atom. The van der Waals surface area contributed by atoms with Crippen LogP contribution in [0, 0.1) is 0 Å². The second-order valence-corrected chi connectivity index (χ2v) is 12.0. The third-order valence-electron chi connectivity index (χ3n) is 7.81. The number of carbonyl (C=O) groups is 2. The number of nitrogens with zero attached hydrogens (tertiary/aromatic N) is 4. The highest BCUT2D eigenvalue weighted by Gasteiger charge is 2.23. The molecule has 3 aromatic carbocycles. The number of carboxylic acids is 1. The summed E-state index contributed by atoms with van der Waals surface area (Å²) in [5.74, 6) is -0.462. The number of hydrogen-bond donors (Lipinski definition) is 1. The van der Waals surface area contributed by atoms with E-state index < -0.39 is 18.5 Å². The number of thiazole rings is 1. The molecular formula is C35H42N4O3S. The predicted molar refractivity (Wildman–Crippen MR) is 177 cm³/mol. The first-order valence-electron chi connectivity index (χ1n) is 14.9. The van der Waals surface area contributed by atoms with Crippen molar-refractivity contribution < 1.29 is 14.7 Å². The highest BCUT2D eigenvalue weighted by Crippen LogP contribution is 2.28. The Balaban J connectivity index is 1.44. The minimum atomic E-state index is -1.07. The molecule has 0 aliphatic rings. The minimum Gasteiger partial charge on any atom is -0.480 e. The second kappa shape index (κ2) is 14.8. The molecule has 2 amide bonds. The molecule has 43 heavy (non-hydrogen) atoms. The number of rotatable bonds is 13. The molecule has 4 aromatic rings. The summed E-state index contributed by atoms with van der Waals surface area (Å²) in [5.41, 5.74) is 6.31. The summed E-state index contributed by atoms with van der Waals surface area (Å²) in [6, 6.07) is 26.6. The van der Waals surface area contributed by atoms with Gasteiger partial charge in [-0.15, -0.1) is 11.3 Å². The molecule has 226 valence electrons. The zero-order valence-electron chi connectivity index (χ0n) is 25.7. The summed E-state index contributed by atoms with van der Waals surface area (Å²) in [6.45, 7) is 9.44. The van der Waals surface area contributed by atoms with Gasteiger partial charge < -0.3 is 14.9 Å². The second-order valence-electron chi connectivity index (χ2n) is 11.1. The van der Waals surface area contributed by atoms with Gasteiger partial charge in [0.2, 0.25) is 0 Å². The average Bonchev–Trinajstić information content (AvgIpc) is 3.48. The molecule has 1 aromatic heterocycles. The van der Waals surface area contributed by atoms with Gasteiger partial charge in [-0.3, -0.25) is 9.69 Å². The number of aromatic nitrogens is 1. The highest BCUT2D eigenvalue weighted by atomic mass is 32.1. The number of para-hydroxylation sites is 1. The van der Waals surface area contributed by atoms with Crippen LogP contribution < -0.4 is 9.80 Å². The molecule has 0 fully saturated rings. The van der Waals surface area contributed by atoms with Crippen molar-refractivity contribution in [3.05, 3.63) is 100 Å². The molecule has 1 N–H and O–H groups in total. The van der Waals surface area contributed by atoms with E-state index in [1.54, 1.807) is 7.05 Å². The number of carboxylic acid groups (broad SMARTS) is 1. The first-order valence-corrected chi connectivity index (χ1v) is 15.8. The minimum absolute atomic E-state index is 0.116. The molecule has 0 bridgehead atoms. The van der Waals surface area contributed by atoms with Crippen LogP contribution in [0.15, 0.2) is 84.2 Å². The van der Waals surface area contributed by atoms with Crippen LogP contribution in [-0.2, 0) is 17.9 Å². The molecule has 0 aliphatic heterocycles. The molecule has 0 saturated heterocycles. The van der Waals surface area contributed by atoms with Gasteiger partial charge in [-0.25, -0.2) is 9.78 Å². The molecule has 1 heterocycles. The Kier molecular flexibility index (Phi) is 11.0. The maximum absolute atomic E-state index is 13.2. The Morgan fingerprint density at radius 1 is 0.860 bits per heavy atom. The van der Waals surface area contributed by atoms with Gasteiger partial charge >= 0.3 is 12.0 Å². The SMILES string of the molecule is CCC(CC)c1ccc(N(Cc2ccc(-c3csc(CN(CC(=O)O)C(=O)N(C)c4ccccc4)n3)cc2)C(C)C)cc1. The molecule has 0 spiro atoms. The van der Waals surface area contributed by atoms with Crippen molar-refractivity contribution in [1.82, 2.24) is 9.88 Å².